The highest BCUT2D eigenvalue weighted by atomic mass is 16.4. The van der Waals surface area contributed by atoms with E-state index in [-0.39, 0.29) is 37.6 Å². The average Bonchev–Trinajstić information content (AvgIpc) is 3.68. The van der Waals surface area contributed by atoms with Gasteiger partial charge in [0.2, 0.25) is 0 Å². The first kappa shape index (κ1) is 33.7. The number of nitrogens with zero attached hydrogens (tertiary/aromatic N) is 2. The number of aliphatic hydroxyl groups is 1. The van der Waals surface area contributed by atoms with Gasteiger partial charge in [0.1, 0.15) is 12.1 Å². The molecule has 0 bridgehead atoms. The number of Topliss-reactive ketones (excluding diaryl/α,β-unsaturated/α-hetero) is 1. The maximum Gasteiger partial charge on any atom is 0.326 e. The molecule has 0 aliphatic carbocycles. The molecule has 246 valence electrons. The van der Waals surface area contributed by atoms with E-state index < -0.39 is 36.0 Å². The summed E-state index contributed by atoms with van der Waals surface area (Å²) in [5.74, 6) is -3.26. The minimum absolute atomic E-state index is 0.0509. The summed E-state index contributed by atoms with van der Waals surface area (Å²) in [6, 6.07) is 28.0. The molecule has 2 fully saturated rings. The van der Waals surface area contributed by atoms with Crippen LogP contribution in [-0.4, -0.2) is 85.9 Å². The van der Waals surface area contributed by atoms with Crippen LogP contribution in [0.1, 0.15) is 44.7 Å². The number of likely N-dealkylation sites (tertiary alicyclic amines) is 2. The van der Waals surface area contributed by atoms with Crippen LogP contribution in [0, 0.1) is 13.8 Å². The number of carbonyl (C=O) groups is 5. The first-order valence-corrected chi connectivity index (χ1v) is 15.5. The van der Waals surface area contributed by atoms with Crippen molar-refractivity contribution in [2.75, 3.05) is 13.1 Å². The summed E-state index contributed by atoms with van der Waals surface area (Å²) >= 11 is 0. The number of ketones is 1. The van der Waals surface area contributed by atoms with Crippen LogP contribution in [0.2, 0.25) is 0 Å². The second-order valence-corrected chi connectivity index (χ2v) is 12.0. The van der Waals surface area contributed by atoms with Crippen molar-refractivity contribution in [3.8, 4) is 22.3 Å². The first-order chi connectivity index (χ1) is 22.9. The summed E-state index contributed by atoms with van der Waals surface area (Å²) in [5.41, 5.74) is 7.24. The van der Waals surface area contributed by atoms with E-state index in [4.69, 9.17) is 0 Å². The van der Waals surface area contributed by atoms with Gasteiger partial charge in [0.05, 0.1) is 12.6 Å². The Morgan fingerprint density at radius 1 is 0.625 bits per heavy atom. The molecular weight excluding hydrogens is 612 g/mol. The van der Waals surface area contributed by atoms with Gasteiger partial charge in [-0.15, -0.1) is 0 Å². The van der Waals surface area contributed by atoms with Crippen LogP contribution in [-0.2, 0) is 14.4 Å². The lowest BCUT2D eigenvalue weighted by Crippen LogP contribution is -2.40. The lowest BCUT2D eigenvalue weighted by molar-refractivity contribution is -0.142. The molecule has 0 aromatic heterocycles. The molecular formula is C38H36N2O8. The number of hydrogen-bond donors (Lipinski definition) is 3. The van der Waals surface area contributed by atoms with E-state index in [0.717, 1.165) is 38.3 Å². The zero-order valence-electron chi connectivity index (χ0n) is 26.6. The lowest BCUT2D eigenvalue weighted by Gasteiger charge is -2.21. The molecule has 0 saturated carbocycles. The SMILES string of the molecule is Cc1ccccc1-c1ccc(C(=O)N2CC(=O)C[C@H]2C(=O)O)cc1.Cc1ccccc1-c1ccc(C(=O)N2C[C@H](O)C[C@H]2C(=O)O)cc1. The Morgan fingerprint density at radius 3 is 1.50 bits per heavy atom. The van der Waals surface area contributed by atoms with Crippen LogP contribution in [0.3, 0.4) is 0 Å². The van der Waals surface area contributed by atoms with Gasteiger partial charge in [0, 0.05) is 30.5 Å². The fourth-order valence-electron chi connectivity index (χ4n) is 6.11. The van der Waals surface area contributed by atoms with Gasteiger partial charge in [0.15, 0.2) is 5.78 Å². The molecule has 6 rings (SSSR count). The summed E-state index contributed by atoms with van der Waals surface area (Å²) in [5, 5.41) is 28.1. The molecule has 0 unspecified atom stereocenters. The van der Waals surface area contributed by atoms with E-state index in [1.807, 2.05) is 86.6 Å². The molecule has 0 radical (unpaired) electrons. The number of aryl methyl sites for hydroxylation is 2. The lowest BCUT2D eigenvalue weighted by atomic mass is 9.99. The van der Waals surface area contributed by atoms with Gasteiger partial charge in [-0.25, -0.2) is 9.59 Å². The van der Waals surface area contributed by atoms with Crippen molar-refractivity contribution in [1.29, 1.82) is 0 Å². The van der Waals surface area contributed by atoms with E-state index in [0.29, 0.717) is 11.1 Å². The largest absolute Gasteiger partial charge is 0.480 e. The molecule has 10 nitrogen and oxygen atoms in total. The number of carboxylic acid groups (broad SMARTS) is 2. The smallest absolute Gasteiger partial charge is 0.326 e. The highest BCUT2D eigenvalue weighted by molar-refractivity contribution is 6.03. The van der Waals surface area contributed by atoms with Crippen LogP contribution >= 0.6 is 0 Å². The number of carbonyl (C=O) groups excluding carboxylic acids is 3. The van der Waals surface area contributed by atoms with Crippen molar-refractivity contribution in [3.63, 3.8) is 0 Å². The molecule has 2 amide bonds. The van der Waals surface area contributed by atoms with Crippen molar-refractivity contribution >= 4 is 29.5 Å². The van der Waals surface area contributed by atoms with E-state index >= 15 is 0 Å². The van der Waals surface area contributed by atoms with Crippen LogP contribution in [0.5, 0.6) is 0 Å². The molecule has 2 aliphatic rings. The third kappa shape index (κ3) is 7.34. The van der Waals surface area contributed by atoms with Crippen LogP contribution in [0.25, 0.3) is 22.3 Å². The number of aliphatic carboxylic acids is 2. The van der Waals surface area contributed by atoms with Crippen molar-refractivity contribution in [1.82, 2.24) is 9.80 Å². The summed E-state index contributed by atoms with van der Waals surface area (Å²) < 4.78 is 0. The minimum Gasteiger partial charge on any atom is -0.480 e. The third-order valence-electron chi connectivity index (χ3n) is 8.69. The zero-order chi connectivity index (χ0) is 34.5. The highest BCUT2D eigenvalue weighted by Crippen LogP contribution is 2.27. The summed E-state index contributed by atoms with van der Waals surface area (Å²) in [6.07, 6.45) is -0.841. The number of benzene rings is 4. The number of rotatable bonds is 6. The Kier molecular flexibility index (Phi) is 10.1. The summed E-state index contributed by atoms with van der Waals surface area (Å²) in [7, 11) is 0. The maximum atomic E-state index is 12.6. The van der Waals surface area contributed by atoms with Gasteiger partial charge in [-0.2, -0.15) is 0 Å². The standard InChI is InChI=1S/C19H19NO4.C19H17NO4/c2*1-12-4-2-3-5-16(12)13-6-8-14(9-7-13)18(22)20-11-15(21)10-17(20)19(23)24/h2-9,15,17,21H,10-11H2,1H3,(H,23,24);2-9,17H,10-11H2,1H3,(H,23,24)/t15-,17+;17-/m10/s1. The molecule has 2 aliphatic heterocycles. The van der Waals surface area contributed by atoms with Gasteiger partial charge in [-0.3, -0.25) is 14.4 Å². The Labute approximate surface area is 277 Å². The highest BCUT2D eigenvalue weighted by Gasteiger charge is 2.40. The van der Waals surface area contributed by atoms with E-state index in [9.17, 15) is 39.3 Å². The second-order valence-electron chi connectivity index (χ2n) is 12.0. The molecule has 3 N–H and O–H groups in total. The molecule has 2 saturated heterocycles. The quantitative estimate of drug-likeness (QED) is 0.268. The first-order valence-electron chi connectivity index (χ1n) is 15.5. The number of carboxylic acids is 2. The van der Waals surface area contributed by atoms with E-state index in [2.05, 4.69) is 0 Å². The molecule has 10 heteroatoms. The van der Waals surface area contributed by atoms with E-state index in [1.165, 1.54) is 4.90 Å². The average molecular weight is 649 g/mol. The molecule has 4 aromatic rings. The van der Waals surface area contributed by atoms with Gasteiger partial charge in [-0.05, 0) is 71.5 Å². The van der Waals surface area contributed by atoms with Crippen molar-refractivity contribution < 1.29 is 39.3 Å². The summed E-state index contributed by atoms with van der Waals surface area (Å²) in [6.45, 7) is 3.95. The number of β-amino-alcohol motifs (C(OH)–C–C–N with tert-alkyl or cyclic N) is 1. The topological polar surface area (TPSA) is 153 Å². The molecule has 0 spiro atoms. The van der Waals surface area contributed by atoms with Crippen molar-refractivity contribution in [2.45, 2.75) is 44.9 Å². The fraction of sp³-hybridized carbons (Fsp3) is 0.237. The molecule has 48 heavy (non-hydrogen) atoms. The third-order valence-corrected chi connectivity index (χ3v) is 8.69. The van der Waals surface area contributed by atoms with Gasteiger partial charge in [-0.1, -0.05) is 72.8 Å². The number of aliphatic hydroxyl groups excluding tert-OH is 1. The summed E-state index contributed by atoms with van der Waals surface area (Å²) in [4.78, 5) is 61.5. The minimum atomic E-state index is -1.15. The Morgan fingerprint density at radius 2 is 1.06 bits per heavy atom. The van der Waals surface area contributed by atoms with Crippen molar-refractivity contribution in [2.24, 2.45) is 0 Å². The van der Waals surface area contributed by atoms with Gasteiger partial charge in [0.25, 0.3) is 11.8 Å². The Hall–Kier alpha value is -5.61. The van der Waals surface area contributed by atoms with Crippen LogP contribution in [0.4, 0.5) is 0 Å². The Bertz CT molecular complexity index is 1850. The van der Waals surface area contributed by atoms with Crippen LogP contribution < -0.4 is 0 Å². The Balaban J connectivity index is 0.000000188. The van der Waals surface area contributed by atoms with Crippen LogP contribution in [0.15, 0.2) is 97.1 Å². The maximum absolute atomic E-state index is 12.6. The predicted octanol–water partition coefficient (Wildman–Crippen LogP) is 4.85. The fourth-order valence-corrected chi connectivity index (χ4v) is 6.11. The zero-order valence-corrected chi connectivity index (χ0v) is 26.6. The molecule has 2 heterocycles. The van der Waals surface area contributed by atoms with E-state index in [1.54, 1.807) is 24.3 Å². The predicted molar refractivity (Wildman–Crippen MR) is 178 cm³/mol. The van der Waals surface area contributed by atoms with Gasteiger partial charge >= 0.3 is 11.9 Å². The number of amides is 2. The second kappa shape index (κ2) is 14.4. The number of hydrogen-bond acceptors (Lipinski definition) is 6. The van der Waals surface area contributed by atoms with Crippen molar-refractivity contribution in [3.05, 3.63) is 119 Å². The monoisotopic (exact) mass is 648 g/mol. The molecule has 3 atom stereocenters. The van der Waals surface area contributed by atoms with Gasteiger partial charge < -0.3 is 25.1 Å². The molecule has 4 aromatic carbocycles. The normalized spacial score (nSPS) is 18.6.